The Morgan fingerprint density at radius 1 is 1.27 bits per heavy atom. The third kappa shape index (κ3) is 3.06. The van der Waals surface area contributed by atoms with E-state index in [0.29, 0.717) is 0 Å². The van der Waals surface area contributed by atoms with Crippen molar-refractivity contribution in [3.8, 4) is 0 Å². The maximum absolute atomic E-state index is 4.30. The van der Waals surface area contributed by atoms with E-state index in [1.165, 1.54) is 5.56 Å². The van der Waals surface area contributed by atoms with Gasteiger partial charge in [0.2, 0.25) is 0 Å². The molecule has 0 fully saturated rings. The monoisotopic (exact) mass is 199 g/mol. The maximum Gasteiger partial charge on any atom is 0.0985 e. The summed E-state index contributed by atoms with van der Waals surface area (Å²) in [5.74, 6) is 0. The molecule has 0 aliphatic rings. The van der Waals surface area contributed by atoms with Crippen LogP contribution < -0.4 is 0 Å². The van der Waals surface area contributed by atoms with Crippen LogP contribution in [-0.2, 0) is 6.42 Å². The summed E-state index contributed by atoms with van der Waals surface area (Å²) in [5.41, 5.74) is 2.19. The van der Waals surface area contributed by atoms with Crippen LogP contribution >= 0.6 is 0 Å². The molecule has 0 unspecified atom stereocenters. The van der Waals surface area contributed by atoms with Gasteiger partial charge in [-0.1, -0.05) is 30.3 Å². The fourth-order valence-corrected chi connectivity index (χ4v) is 1.34. The molecule has 0 atom stereocenters. The first-order valence-corrected chi connectivity index (χ1v) is 4.98. The van der Waals surface area contributed by atoms with Gasteiger partial charge in [-0.25, -0.2) is 4.98 Å². The normalized spacial score (nSPS) is 10.9. The third-order valence-electron chi connectivity index (χ3n) is 2.12. The van der Waals surface area contributed by atoms with Crippen molar-refractivity contribution in [2.24, 2.45) is 4.99 Å². The number of hydrogen-bond acceptors (Lipinski definition) is 2. The van der Waals surface area contributed by atoms with E-state index in [0.717, 1.165) is 18.7 Å². The van der Waals surface area contributed by atoms with Gasteiger partial charge in [-0.2, -0.15) is 0 Å². The lowest BCUT2D eigenvalue weighted by atomic mass is 10.2. The van der Waals surface area contributed by atoms with E-state index in [2.05, 4.69) is 27.1 Å². The van der Waals surface area contributed by atoms with Gasteiger partial charge < -0.3 is 4.98 Å². The smallest absolute Gasteiger partial charge is 0.0985 e. The summed E-state index contributed by atoms with van der Waals surface area (Å²) in [7, 11) is 0. The fourth-order valence-electron chi connectivity index (χ4n) is 1.34. The molecule has 1 N–H and O–H groups in total. The van der Waals surface area contributed by atoms with E-state index < -0.39 is 0 Å². The van der Waals surface area contributed by atoms with Crippen LogP contribution in [-0.4, -0.2) is 22.7 Å². The maximum atomic E-state index is 4.30. The van der Waals surface area contributed by atoms with Crippen molar-refractivity contribution in [2.45, 2.75) is 6.42 Å². The topological polar surface area (TPSA) is 41.0 Å². The summed E-state index contributed by atoms with van der Waals surface area (Å²) in [5, 5.41) is 0. The quantitative estimate of drug-likeness (QED) is 0.752. The van der Waals surface area contributed by atoms with Gasteiger partial charge in [0, 0.05) is 19.0 Å². The first-order chi connectivity index (χ1) is 7.45. The molecule has 2 rings (SSSR count). The summed E-state index contributed by atoms with van der Waals surface area (Å²) in [6, 6.07) is 10.4. The van der Waals surface area contributed by atoms with E-state index >= 15 is 0 Å². The number of rotatable bonds is 4. The van der Waals surface area contributed by atoms with Gasteiger partial charge in [-0.15, -0.1) is 0 Å². The van der Waals surface area contributed by atoms with Crippen LogP contribution in [0.1, 0.15) is 11.3 Å². The SMILES string of the molecule is C(=N\CCc1ccccc1)/c1c[nH]cn1. The Labute approximate surface area is 88.9 Å². The molecule has 0 bridgehead atoms. The van der Waals surface area contributed by atoms with Gasteiger partial charge >= 0.3 is 0 Å². The van der Waals surface area contributed by atoms with Crippen molar-refractivity contribution in [3.05, 3.63) is 54.1 Å². The van der Waals surface area contributed by atoms with Crippen molar-refractivity contribution in [1.29, 1.82) is 0 Å². The number of hydrogen-bond donors (Lipinski definition) is 1. The second-order valence-electron chi connectivity index (χ2n) is 3.26. The lowest BCUT2D eigenvalue weighted by molar-refractivity contribution is 0.972. The van der Waals surface area contributed by atoms with E-state index in [1.807, 2.05) is 24.4 Å². The van der Waals surface area contributed by atoms with E-state index in [9.17, 15) is 0 Å². The molecule has 3 nitrogen and oxygen atoms in total. The Hall–Kier alpha value is -1.90. The summed E-state index contributed by atoms with van der Waals surface area (Å²) < 4.78 is 0. The van der Waals surface area contributed by atoms with Gasteiger partial charge in [0.25, 0.3) is 0 Å². The van der Waals surface area contributed by atoms with Crippen molar-refractivity contribution in [3.63, 3.8) is 0 Å². The molecule has 1 heterocycles. The number of imidazole rings is 1. The molecular weight excluding hydrogens is 186 g/mol. The third-order valence-corrected chi connectivity index (χ3v) is 2.12. The first-order valence-electron chi connectivity index (χ1n) is 4.98. The second kappa shape index (κ2) is 5.10. The predicted molar refractivity (Wildman–Crippen MR) is 61.2 cm³/mol. The molecule has 0 spiro atoms. The molecule has 76 valence electrons. The van der Waals surface area contributed by atoms with Crippen molar-refractivity contribution in [2.75, 3.05) is 6.54 Å². The fraction of sp³-hybridized carbons (Fsp3) is 0.167. The Bertz CT molecular complexity index is 404. The van der Waals surface area contributed by atoms with Crippen molar-refractivity contribution in [1.82, 2.24) is 9.97 Å². The number of benzene rings is 1. The molecule has 15 heavy (non-hydrogen) atoms. The van der Waals surface area contributed by atoms with Crippen LogP contribution in [0.25, 0.3) is 0 Å². The molecule has 1 aromatic heterocycles. The standard InChI is InChI=1S/C12H13N3/c1-2-4-11(5-3-1)6-7-13-8-12-9-14-10-15-12/h1-5,8-10H,6-7H2,(H,14,15)/b13-8+. The summed E-state index contributed by atoms with van der Waals surface area (Å²) in [4.78, 5) is 11.2. The lowest BCUT2D eigenvalue weighted by Gasteiger charge is -1.95. The zero-order valence-corrected chi connectivity index (χ0v) is 8.43. The van der Waals surface area contributed by atoms with E-state index in [-0.39, 0.29) is 0 Å². The van der Waals surface area contributed by atoms with E-state index in [1.54, 1.807) is 12.5 Å². The summed E-state index contributed by atoms with van der Waals surface area (Å²) in [6.45, 7) is 0.802. The van der Waals surface area contributed by atoms with Crippen LogP contribution in [0.5, 0.6) is 0 Å². The van der Waals surface area contributed by atoms with Crippen LogP contribution in [0.15, 0.2) is 47.8 Å². The molecule has 0 saturated heterocycles. The highest BCUT2D eigenvalue weighted by Gasteiger charge is 1.89. The van der Waals surface area contributed by atoms with Gasteiger partial charge in [0.05, 0.1) is 12.0 Å². The highest BCUT2D eigenvalue weighted by molar-refractivity contribution is 5.76. The molecule has 1 aromatic carbocycles. The van der Waals surface area contributed by atoms with Gasteiger partial charge in [-0.05, 0) is 12.0 Å². The highest BCUT2D eigenvalue weighted by atomic mass is 14.9. The zero-order valence-electron chi connectivity index (χ0n) is 8.43. The minimum absolute atomic E-state index is 0.802. The summed E-state index contributed by atoms with van der Waals surface area (Å²) >= 11 is 0. The van der Waals surface area contributed by atoms with E-state index in [4.69, 9.17) is 0 Å². The molecule has 0 amide bonds. The molecule has 0 aliphatic heterocycles. The van der Waals surface area contributed by atoms with Crippen LogP contribution in [0.4, 0.5) is 0 Å². The average molecular weight is 199 g/mol. The van der Waals surface area contributed by atoms with Crippen LogP contribution in [0.2, 0.25) is 0 Å². The molecule has 3 heteroatoms. The summed E-state index contributed by atoms with van der Waals surface area (Å²) in [6.07, 6.45) is 6.24. The lowest BCUT2D eigenvalue weighted by Crippen LogP contribution is -1.90. The molecule has 0 saturated carbocycles. The Kier molecular flexibility index (Phi) is 3.28. The highest BCUT2D eigenvalue weighted by Crippen LogP contribution is 1.99. The number of aromatic amines is 1. The molecule has 2 aromatic rings. The average Bonchev–Trinajstić information content (AvgIpc) is 2.79. The molecular formula is C12H13N3. The first kappa shape index (κ1) is 9.65. The largest absolute Gasteiger partial charge is 0.351 e. The number of aliphatic imine (C=N–C) groups is 1. The minimum atomic E-state index is 0.802. The van der Waals surface area contributed by atoms with Gasteiger partial charge in [0.1, 0.15) is 0 Å². The minimum Gasteiger partial charge on any atom is -0.351 e. The van der Waals surface area contributed by atoms with Crippen molar-refractivity contribution >= 4 is 6.21 Å². The predicted octanol–water partition coefficient (Wildman–Crippen LogP) is 2.07. The second-order valence-corrected chi connectivity index (χ2v) is 3.26. The van der Waals surface area contributed by atoms with Crippen molar-refractivity contribution < 1.29 is 0 Å². The van der Waals surface area contributed by atoms with Gasteiger partial charge in [-0.3, -0.25) is 4.99 Å². The molecule has 0 radical (unpaired) electrons. The zero-order chi connectivity index (χ0) is 10.3. The Morgan fingerprint density at radius 2 is 2.13 bits per heavy atom. The number of H-pyrrole nitrogens is 1. The van der Waals surface area contributed by atoms with Gasteiger partial charge in [0.15, 0.2) is 0 Å². The number of aromatic nitrogens is 2. The Balaban J connectivity index is 1.80. The van der Waals surface area contributed by atoms with Crippen LogP contribution in [0, 0.1) is 0 Å². The molecule has 0 aliphatic carbocycles. The number of nitrogens with zero attached hydrogens (tertiary/aromatic N) is 2. The van der Waals surface area contributed by atoms with Crippen LogP contribution in [0.3, 0.4) is 0 Å². The number of nitrogens with one attached hydrogen (secondary N) is 1. The Morgan fingerprint density at radius 3 is 2.87 bits per heavy atom.